The van der Waals surface area contributed by atoms with E-state index in [0.717, 1.165) is 39.2 Å². The molecule has 2 N–H and O–H groups in total. The third-order valence-electron chi connectivity index (χ3n) is 7.03. The smallest absolute Gasteiger partial charge is 0.329 e. The predicted molar refractivity (Wildman–Crippen MR) is 158 cm³/mol. The lowest BCUT2D eigenvalue weighted by Crippen LogP contribution is -2.66. The number of carboxylic acids is 1. The maximum Gasteiger partial charge on any atom is 0.329 e. The molecule has 10 nitrogen and oxygen atoms in total. The first kappa shape index (κ1) is 31.9. The van der Waals surface area contributed by atoms with Gasteiger partial charge in [0.2, 0.25) is 10.0 Å². The number of hydrazine groups is 1. The lowest BCUT2D eigenvalue weighted by atomic mass is 10.0. The molecule has 1 unspecified atom stereocenters. The van der Waals surface area contributed by atoms with Crippen LogP contribution in [0, 0.1) is 6.92 Å². The van der Waals surface area contributed by atoms with E-state index >= 15 is 0 Å². The van der Waals surface area contributed by atoms with Crippen LogP contribution in [0.1, 0.15) is 18.5 Å². The van der Waals surface area contributed by atoms with Crippen molar-refractivity contribution in [2.75, 3.05) is 31.1 Å². The van der Waals surface area contributed by atoms with Gasteiger partial charge in [-0.25, -0.2) is 18.6 Å². The van der Waals surface area contributed by atoms with Crippen LogP contribution in [0.4, 0.5) is 5.69 Å². The molecule has 2 aliphatic heterocycles. The van der Waals surface area contributed by atoms with Crippen molar-refractivity contribution in [2.24, 2.45) is 0 Å². The topological polar surface area (TPSA) is 123 Å². The molecule has 2 fully saturated rings. The summed E-state index contributed by atoms with van der Waals surface area (Å²) in [5.74, 6) is -1.88. The number of aryl methyl sites for hydroxylation is 1. The van der Waals surface area contributed by atoms with Crippen molar-refractivity contribution in [3.63, 3.8) is 0 Å². The van der Waals surface area contributed by atoms with Crippen LogP contribution in [0.25, 0.3) is 10.8 Å². The maximum atomic E-state index is 13.4. The molecule has 2 aromatic carbocycles. The highest BCUT2D eigenvalue weighted by atomic mass is 35.5. The summed E-state index contributed by atoms with van der Waals surface area (Å²) in [5, 5.41) is 13.0. The van der Waals surface area contributed by atoms with Gasteiger partial charge in [0.15, 0.2) is 6.04 Å². The van der Waals surface area contributed by atoms with Crippen LogP contribution in [-0.2, 0) is 19.6 Å². The number of aliphatic carboxylic acids is 1. The molecule has 40 heavy (non-hydrogen) atoms. The monoisotopic (exact) mass is 629 g/mol. The van der Waals surface area contributed by atoms with E-state index in [2.05, 4.69) is 15.3 Å². The van der Waals surface area contributed by atoms with Gasteiger partial charge in [0, 0.05) is 48.3 Å². The zero-order valence-corrected chi connectivity index (χ0v) is 24.8. The van der Waals surface area contributed by atoms with E-state index in [9.17, 15) is 23.1 Å². The van der Waals surface area contributed by atoms with Gasteiger partial charge in [-0.2, -0.15) is 4.31 Å². The van der Waals surface area contributed by atoms with Crippen LogP contribution in [0.5, 0.6) is 0 Å². The molecule has 0 spiro atoms. The first-order valence-corrected chi connectivity index (χ1v) is 14.1. The fourth-order valence-electron chi connectivity index (χ4n) is 4.97. The van der Waals surface area contributed by atoms with Crippen molar-refractivity contribution in [3.05, 3.63) is 65.4 Å². The van der Waals surface area contributed by atoms with Crippen molar-refractivity contribution in [1.82, 2.24) is 19.7 Å². The van der Waals surface area contributed by atoms with Crippen LogP contribution < -0.4 is 10.3 Å². The van der Waals surface area contributed by atoms with Crippen molar-refractivity contribution in [1.29, 1.82) is 0 Å². The second-order valence-corrected chi connectivity index (χ2v) is 12.0. The Bertz CT molecular complexity index is 1500. The van der Waals surface area contributed by atoms with Gasteiger partial charge in [0.25, 0.3) is 5.91 Å². The third-order valence-corrected chi connectivity index (χ3v) is 9.07. The van der Waals surface area contributed by atoms with E-state index < -0.39 is 34.5 Å². The molecule has 14 heteroatoms. The minimum atomic E-state index is -4.11. The number of carbonyl (C=O) groups is 2. The number of aromatic nitrogens is 1. The highest BCUT2D eigenvalue weighted by molar-refractivity contribution is 7.89. The van der Waals surface area contributed by atoms with Crippen molar-refractivity contribution >= 4 is 74.8 Å². The first-order valence-electron chi connectivity index (χ1n) is 12.3. The lowest BCUT2D eigenvalue weighted by molar-refractivity contribution is -0.158. The molecule has 0 aliphatic carbocycles. The molecule has 1 aromatic heterocycles. The normalized spacial score (nSPS) is 18.8. The molecule has 5 rings (SSSR count). The minimum Gasteiger partial charge on any atom is -0.480 e. The number of halogens is 3. The van der Waals surface area contributed by atoms with Gasteiger partial charge < -0.3 is 10.0 Å². The van der Waals surface area contributed by atoms with E-state index in [1.54, 1.807) is 30.5 Å². The summed E-state index contributed by atoms with van der Waals surface area (Å²) in [4.78, 5) is 31.7. The van der Waals surface area contributed by atoms with Gasteiger partial charge in [-0.05, 0) is 66.9 Å². The Morgan fingerprint density at radius 2 is 1.73 bits per heavy atom. The first-order chi connectivity index (χ1) is 18.1. The highest BCUT2D eigenvalue weighted by Crippen LogP contribution is 2.27. The molecule has 3 aromatic rings. The number of nitrogens with one attached hydrogen (secondary N) is 1. The molecule has 3 heterocycles. The molecular formula is C26H30Cl3N5O5S. The van der Waals surface area contributed by atoms with Crippen LogP contribution in [0.15, 0.2) is 59.6 Å². The zero-order chi connectivity index (χ0) is 27.0. The van der Waals surface area contributed by atoms with Crippen LogP contribution >= 0.6 is 36.4 Å². The fourth-order valence-corrected chi connectivity index (χ4v) is 6.58. The Hall–Kier alpha value is -2.67. The summed E-state index contributed by atoms with van der Waals surface area (Å²) >= 11 is 6.02. The quantitative estimate of drug-likeness (QED) is 0.424. The van der Waals surface area contributed by atoms with Gasteiger partial charge >= 0.3 is 5.97 Å². The van der Waals surface area contributed by atoms with E-state index in [-0.39, 0.29) is 42.3 Å². The summed E-state index contributed by atoms with van der Waals surface area (Å²) in [7, 11) is -4.11. The fraction of sp³-hybridized carbons (Fsp3) is 0.346. The number of hydrogen-bond donors (Lipinski definition) is 2. The summed E-state index contributed by atoms with van der Waals surface area (Å²) in [6.07, 6.45) is 3.16. The molecule has 2 aliphatic rings. The number of carbonyl (C=O) groups excluding carboxylic acids is 1. The average Bonchev–Trinajstić information content (AvgIpc) is 2.89. The number of amides is 1. The summed E-state index contributed by atoms with van der Waals surface area (Å²) in [6, 6.07) is 12.2. The standard InChI is InChI=1S/C26H28ClN5O5S.2ClH/c1-17-12-22(6-9-28-17)30-10-7-21(8-11-30)29-32-24(26(34)35)15-31(16-25(32)33)38(36,37)23-5-3-18-13-20(27)4-2-19(18)14-23;;/h2-6,9,12-14,21,24,29H,7-8,10-11,15-16H2,1H3,(H,34,35);2*1H. The molecular weight excluding hydrogens is 601 g/mol. The number of piperazine rings is 1. The van der Waals surface area contributed by atoms with E-state index in [4.69, 9.17) is 11.6 Å². The van der Waals surface area contributed by atoms with E-state index in [1.165, 1.54) is 12.1 Å². The summed E-state index contributed by atoms with van der Waals surface area (Å²) in [5.41, 5.74) is 5.10. The van der Waals surface area contributed by atoms with Crippen LogP contribution in [-0.4, -0.2) is 78.0 Å². The minimum absolute atomic E-state index is 0. The Balaban J connectivity index is 0.00000220. The molecule has 1 amide bonds. The highest BCUT2D eigenvalue weighted by Gasteiger charge is 2.43. The Kier molecular flexibility index (Phi) is 10.3. The average molecular weight is 631 g/mol. The van der Waals surface area contributed by atoms with Gasteiger partial charge in [-0.3, -0.25) is 14.8 Å². The molecule has 216 valence electrons. The number of nitrogens with zero attached hydrogens (tertiary/aromatic N) is 4. The Labute approximate surface area is 250 Å². The number of pyridine rings is 1. The van der Waals surface area contributed by atoms with E-state index in [0.29, 0.717) is 23.3 Å². The molecule has 2 saturated heterocycles. The number of piperidine rings is 1. The largest absolute Gasteiger partial charge is 0.480 e. The number of benzene rings is 2. The van der Waals surface area contributed by atoms with Gasteiger partial charge in [-0.1, -0.05) is 23.7 Å². The van der Waals surface area contributed by atoms with E-state index in [1.807, 2.05) is 19.1 Å². The number of rotatable bonds is 6. The summed E-state index contributed by atoms with van der Waals surface area (Å²) < 4.78 is 27.8. The van der Waals surface area contributed by atoms with Crippen LogP contribution in [0.2, 0.25) is 5.02 Å². The Morgan fingerprint density at radius 3 is 2.40 bits per heavy atom. The van der Waals surface area contributed by atoms with Crippen LogP contribution in [0.3, 0.4) is 0 Å². The molecule has 0 saturated carbocycles. The van der Waals surface area contributed by atoms with Gasteiger partial charge in [0.05, 0.1) is 11.4 Å². The number of hydrogen-bond acceptors (Lipinski definition) is 7. The second kappa shape index (κ2) is 12.9. The second-order valence-electron chi connectivity index (χ2n) is 9.61. The molecule has 0 radical (unpaired) electrons. The van der Waals surface area contributed by atoms with Gasteiger partial charge in [0.1, 0.15) is 0 Å². The molecule has 0 bridgehead atoms. The van der Waals surface area contributed by atoms with Crippen molar-refractivity contribution in [2.45, 2.75) is 36.7 Å². The maximum absolute atomic E-state index is 13.4. The predicted octanol–water partition coefficient (Wildman–Crippen LogP) is 3.50. The number of sulfonamides is 1. The van der Waals surface area contributed by atoms with Crippen molar-refractivity contribution < 1.29 is 23.1 Å². The Morgan fingerprint density at radius 1 is 1.05 bits per heavy atom. The number of carboxylic acid groups (broad SMARTS) is 1. The third kappa shape index (κ3) is 6.62. The van der Waals surface area contributed by atoms with Gasteiger partial charge in [-0.15, -0.1) is 24.8 Å². The molecule has 1 atom stereocenters. The summed E-state index contributed by atoms with van der Waals surface area (Å²) in [6.45, 7) is 2.59. The zero-order valence-electron chi connectivity index (χ0n) is 21.6. The number of anilines is 1. The SMILES string of the molecule is Cc1cc(N2CCC(NN3C(=O)CN(S(=O)(=O)c4ccc5cc(Cl)ccc5c4)CC3C(=O)O)CC2)ccn1.Cl.Cl. The van der Waals surface area contributed by atoms with Crippen molar-refractivity contribution in [3.8, 4) is 0 Å². The number of fused-ring (bicyclic) bond motifs is 1. The lowest BCUT2D eigenvalue weighted by Gasteiger charge is -2.42.